The summed E-state index contributed by atoms with van der Waals surface area (Å²) in [5, 5.41) is 0.907. The van der Waals surface area contributed by atoms with E-state index >= 15 is 0 Å². The summed E-state index contributed by atoms with van der Waals surface area (Å²) in [6.45, 7) is 0. The predicted octanol–water partition coefficient (Wildman–Crippen LogP) is 11.5. The first-order chi connectivity index (χ1) is 26.6. The van der Waals surface area contributed by atoms with E-state index in [1.807, 2.05) is 24.3 Å². The van der Waals surface area contributed by atoms with E-state index in [-0.39, 0.29) is 71.4 Å². The molecule has 0 atom stereocenters. The fourth-order valence-electron chi connectivity index (χ4n) is 5.73. The van der Waals surface area contributed by atoms with E-state index in [9.17, 15) is 9.60 Å². The summed E-state index contributed by atoms with van der Waals surface area (Å²) in [7, 11) is 0. The normalized spacial score (nSPS) is 17.0. The molecule has 41 heavy (non-hydrogen) atoms. The van der Waals surface area contributed by atoms with Crippen LogP contribution in [-0.4, -0.2) is 0 Å². The number of rotatable bonds is 2. The molecule has 9 rings (SSSR count). The van der Waals surface area contributed by atoms with Gasteiger partial charge < -0.3 is 4.42 Å². The lowest BCUT2D eigenvalue weighted by Crippen LogP contribution is -1.91. The Labute approximate surface area is 258 Å². The highest BCUT2D eigenvalue weighted by Crippen LogP contribution is 2.45. The first kappa shape index (κ1) is 12.4. The Morgan fingerprint density at radius 3 is 1.78 bits per heavy atom. The highest BCUT2D eigenvalue weighted by Gasteiger charge is 2.18. The summed E-state index contributed by atoms with van der Waals surface area (Å²) in [4.78, 5) is 0. The molecule has 1 nitrogen and oxygen atoms in total. The number of benzene rings is 8. The van der Waals surface area contributed by atoms with Crippen LogP contribution in [0.25, 0.3) is 87.3 Å². The second-order valence-electron chi connectivity index (χ2n) is 9.73. The van der Waals surface area contributed by atoms with Gasteiger partial charge in [-0.05, 0) is 89.6 Å². The third kappa shape index (κ3) is 3.30. The lowest BCUT2D eigenvalue weighted by Gasteiger charge is -2.18. The summed E-state index contributed by atoms with van der Waals surface area (Å²) >= 11 is 0. The third-order valence-corrected chi connectivity index (χ3v) is 7.52. The average molecular weight is 536 g/mol. The second kappa shape index (κ2) is 8.55. The van der Waals surface area contributed by atoms with Crippen molar-refractivity contribution in [3.05, 3.63) is 145 Å². The SMILES string of the molecule is [2H]c1c([2H])c([2H])c2c(ccc3oc4c([2H])c([2H])c(-c5c6c([2H])c([2H])c([2H])c([2H])c6c(-c6ccc7ccccc7c6)c6c([2H])c([2H])c([2H])c([2H])c56)c([2H])c4c32)c1[2H]. The zero-order valence-electron chi connectivity index (χ0n) is 36.1. The molecule has 0 aliphatic carbocycles. The Hall–Kier alpha value is -5.40. The Morgan fingerprint density at radius 1 is 0.439 bits per heavy atom. The molecule has 0 bridgehead atoms. The highest BCUT2D eigenvalue weighted by molar-refractivity contribution is 6.24. The maximum Gasteiger partial charge on any atom is 0.136 e. The van der Waals surface area contributed by atoms with Crippen molar-refractivity contribution in [2.24, 2.45) is 0 Å². The van der Waals surface area contributed by atoms with Crippen LogP contribution in [-0.2, 0) is 0 Å². The van der Waals surface area contributed by atoms with E-state index in [1.165, 1.54) is 12.1 Å². The van der Waals surface area contributed by atoms with Gasteiger partial charge >= 0.3 is 0 Å². The van der Waals surface area contributed by atoms with Crippen molar-refractivity contribution in [1.82, 2.24) is 0 Å². The van der Waals surface area contributed by atoms with Gasteiger partial charge in [0.1, 0.15) is 11.2 Å². The van der Waals surface area contributed by atoms with Crippen molar-refractivity contribution < 1.29 is 25.0 Å². The first-order valence-corrected chi connectivity index (χ1v) is 12.9. The van der Waals surface area contributed by atoms with Gasteiger partial charge in [0.25, 0.3) is 0 Å². The average Bonchev–Trinajstić information content (AvgIpc) is 3.60. The van der Waals surface area contributed by atoms with Crippen molar-refractivity contribution in [2.75, 3.05) is 0 Å². The molecule has 190 valence electrons. The summed E-state index contributed by atoms with van der Waals surface area (Å²) in [6, 6.07) is 7.16. The Balaban J connectivity index is 1.60. The van der Waals surface area contributed by atoms with Crippen molar-refractivity contribution in [3.63, 3.8) is 0 Å². The Bertz CT molecular complexity index is 3230. The van der Waals surface area contributed by atoms with E-state index in [1.54, 1.807) is 18.2 Å². The fourth-order valence-corrected chi connectivity index (χ4v) is 5.73. The summed E-state index contributed by atoms with van der Waals surface area (Å²) in [6.07, 6.45) is 0. The molecule has 0 saturated carbocycles. The van der Waals surface area contributed by atoms with E-state index in [0.29, 0.717) is 5.56 Å². The summed E-state index contributed by atoms with van der Waals surface area (Å²) in [5.74, 6) is 0. The van der Waals surface area contributed by atoms with Gasteiger partial charge in [-0.1, -0.05) is 121 Å². The van der Waals surface area contributed by atoms with Crippen LogP contribution in [0.5, 0.6) is 0 Å². The van der Waals surface area contributed by atoms with Crippen LogP contribution in [0.4, 0.5) is 0 Å². The second-order valence-corrected chi connectivity index (χ2v) is 9.73. The van der Waals surface area contributed by atoms with Crippen molar-refractivity contribution in [2.45, 2.75) is 0 Å². The molecule has 0 radical (unpaired) electrons. The van der Waals surface area contributed by atoms with Gasteiger partial charge in [0.2, 0.25) is 0 Å². The predicted molar refractivity (Wildman–Crippen MR) is 175 cm³/mol. The molecule has 0 aliphatic heterocycles. The third-order valence-electron chi connectivity index (χ3n) is 7.52. The van der Waals surface area contributed by atoms with Gasteiger partial charge in [0.05, 0.1) is 20.6 Å². The molecule has 0 aliphatic rings. The van der Waals surface area contributed by atoms with Crippen LogP contribution in [0.2, 0.25) is 0 Å². The quantitative estimate of drug-likeness (QED) is 0.201. The molecule has 0 amide bonds. The van der Waals surface area contributed by atoms with Gasteiger partial charge in [-0.25, -0.2) is 0 Å². The van der Waals surface area contributed by atoms with Crippen molar-refractivity contribution in [3.8, 4) is 22.3 Å². The topological polar surface area (TPSA) is 13.1 Å². The lowest BCUT2D eigenvalue weighted by atomic mass is 9.85. The van der Waals surface area contributed by atoms with Crippen molar-refractivity contribution in [1.29, 1.82) is 0 Å². The van der Waals surface area contributed by atoms with Gasteiger partial charge in [0.15, 0.2) is 0 Å². The van der Waals surface area contributed by atoms with Gasteiger partial charge in [0, 0.05) is 10.8 Å². The zero-order valence-corrected chi connectivity index (χ0v) is 21.1. The molecule has 0 saturated heterocycles. The minimum absolute atomic E-state index is 0.00552. The van der Waals surface area contributed by atoms with Crippen molar-refractivity contribution >= 4 is 65.0 Å². The largest absolute Gasteiger partial charge is 0.456 e. The molecule has 0 spiro atoms. The monoisotopic (exact) mass is 535 g/mol. The minimum atomic E-state index is -0.672. The van der Waals surface area contributed by atoms with Gasteiger partial charge in [-0.15, -0.1) is 0 Å². The number of furan rings is 1. The van der Waals surface area contributed by atoms with Crippen LogP contribution >= 0.6 is 0 Å². The van der Waals surface area contributed by atoms with Crippen LogP contribution in [0, 0.1) is 0 Å². The number of fused-ring (bicyclic) bond motifs is 8. The number of hydrogen-bond acceptors (Lipinski definition) is 1. The zero-order chi connectivity index (χ0) is 40.0. The van der Waals surface area contributed by atoms with Crippen LogP contribution < -0.4 is 0 Å². The molecule has 8 aromatic carbocycles. The fraction of sp³-hybridized carbons (Fsp3) is 0. The lowest BCUT2D eigenvalue weighted by molar-refractivity contribution is 0.669. The molecular formula is C40H24O. The van der Waals surface area contributed by atoms with E-state index in [4.69, 9.17) is 15.4 Å². The standard InChI is InChI=1S/C40H24O/c1-2-11-27-23-28(18-17-25(27)9-1)38-31-13-5-7-15-33(31)39(34-16-8-6-14-32(34)38)29-20-21-36-35(24-29)40-30-12-4-3-10-26(30)19-22-37(40)41-36/h1-24H/i3D,4D,5D,6D,7D,8D,10D,12D,13D,14D,15D,16D,20D,21D,24D. The molecule has 1 heteroatoms. The molecule has 0 N–H and O–H groups in total. The van der Waals surface area contributed by atoms with E-state index in [0.717, 1.165) is 10.8 Å². The molecule has 0 unspecified atom stereocenters. The van der Waals surface area contributed by atoms with E-state index in [2.05, 4.69) is 0 Å². The minimum Gasteiger partial charge on any atom is -0.456 e. The van der Waals surface area contributed by atoms with Gasteiger partial charge in [-0.2, -0.15) is 0 Å². The van der Waals surface area contributed by atoms with Gasteiger partial charge in [-0.3, -0.25) is 0 Å². The molecule has 9 aromatic rings. The van der Waals surface area contributed by atoms with Crippen LogP contribution in [0.1, 0.15) is 20.6 Å². The number of hydrogen-bond donors (Lipinski definition) is 0. The Morgan fingerprint density at radius 2 is 1.05 bits per heavy atom. The van der Waals surface area contributed by atoms with Crippen LogP contribution in [0.15, 0.2) is 150 Å². The first-order valence-electron chi connectivity index (χ1n) is 20.4. The van der Waals surface area contributed by atoms with E-state index < -0.39 is 90.2 Å². The smallest absolute Gasteiger partial charge is 0.136 e. The molecular weight excluding hydrogens is 496 g/mol. The Kier molecular flexibility index (Phi) is 2.59. The summed E-state index contributed by atoms with van der Waals surface area (Å²) < 4.78 is 141. The molecule has 1 heterocycles. The maximum atomic E-state index is 9.77. The molecule has 0 fully saturated rings. The van der Waals surface area contributed by atoms with Crippen LogP contribution in [0.3, 0.4) is 0 Å². The summed E-state index contributed by atoms with van der Waals surface area (Å²) in [5.41, 5.74) is -0.399. The highest BCUT2D eigenvalue weighted by atomic mass is 16.3. The molecule has 1 aromatic heterocycles. The maximum absolute atomic E-state index is 9.77.